The van der Waals surface area contributed by atoms with E-state index in [0.29, 0.717) is 13.2 Å². The number of ether oxygens (including phenoxy) is 2. The van der Waals surface area contributed by atoms with Crippen LogP contribution >= 0.6 is 0 Å². The van der Waals surface area contributed by atoms with Gasteiger partial charge in [-0.25, -0.2) is 4.99 Å². The summed E-state index contributed by atoms with van der Waals surface area (Å²) in [4.78, 5) is 6.98. The van der Waals surface area contributed by atoms with Crippen LogP contribution in [0.25, 0.3) is 0 Å². The number of hydrogen-bond acceptors (Lipinski definition) is 4. The molecule has 0 spiro atoms. The van der Waals surface area contributed by atoms with Crippen LogP contribution in [0.3, 0.4) is 0 Å². The molecule has 0 aliphatic carbocycles. The first kappa shape index (κ1) is 24.5. The van der Waals surface area contributed by atoms with Crippen molar-refractivity contribution in [2.75, 3.05) is 40.9 Å². The number of aliphatic imine (C=N–C) groups is 1. The van der Waals surface area contributed by atoms with Crippen molar-refractivity contribution in [2.45, 2.75) is 39.8 Å². The van der Waals surface area contributed by atoms with Gasteiger partial charge in [-0.3, -0.25) is 0 Å². The lowest BCUT2D eigenvalue weighted by Crippen LogP contribution is -2.37. The normalized spacial score (nSPS) is 11.5. The summed E-state index contributed by atoms with van der Waals surface area (Å²) in [6.45, 7) is 7.96. The van der Waals surface area contributed by atoms with Gasteiger partial charge in [-0.15, -0.1) is 0 Å². The zero-order chi connectivity index (χ0) is 22.5. The van der Waals surface area contributed by atoms with Crippen molar-refractivity contribution in [1.29, 1.82) is 0 Å². The number of methoxy groups -OCH3 is 1. The van der Waals surface area contributed by atoms with Crippen LogP contribution in [0.2, 0.25) is 0 Å². The fourth-order valence-corrected chi connectivity index (χ4v) is 3.36. The molecule has 0 bridgehead atoms. The molecule has 6 nitrogen and oxygen atoms in total. The van der Waals surface area contributed by atoms with Crippen molar-refractivity contribution < 1.29 is 9.47 Å². The molecular weight excluding hydrogens is 388 g/mol. The van der Waals surface area contributed by atoms with E-state index in [9.17, 15) is 0 Å². The van der Waals surface area contributed by atoms with Gasteiger partial charge in [0.15, 0.2) is 17.5 Å². The summed E-state index contributed by atoms with van der Waals surface area (Å²) in [5, 5.41) is 6.80. The van der Waals surface area contributed by atoms with Crippen LogP contribution in [0.1, 0.15) is 37.0 Å². The molecule has 0 aromatic heterocycles. The fraction of sp³-hybridized carbons (Fsp3) is 0.480. The van der Waals surface area contributed by atoms with Gasteiger partial charge in [-0.05, 0) is 69.6 Å². The minimum Gasteiger partial charge on any atom is -0.493 e. The maximum absolute atomic E-state index is 5.68. The summed E-state index contributed by atoms with van der Waals surface area (Å²) in [5.41, 5.74) is 3.82. The van der Waals surface area contributed by atoms with Gasteiger partial charge in [0.2, 0.25) is 0 Å². The molecule has 0 amide bonds. The van der Waals surface area contributed by atoms with Crippen LogP contribution < -0.4 is 20.1 Å². The van der Waals surface area contributed by atoms with Crippen LogP contribution in [-0.4, -0.2) is 51.8 Å². The molecule has 2 aromatic carbocycles. The largest absolute Gasteiger partial charge is 0.493 e. The summed E-state index contributed by atoms with van der Waals surface area (Å²) in [7, 11) is 5.85. The number of guanidine groups is 1. The first-order valence-corrected chi connectivity index (χ1v) is 11.1. The van der Waals surface area contributed by atoms with Gasteiger partial charge in [0.25, 0.3) is 0 Å². The SMILES string of the molecule is CCNC(=NCc1ccccc1CN(C)C)NCCCc1ccc(OC)c(OCC)c1. The van der Waals surface area contributed by atoms with Crippen molar-refractivity contribution in [3.05, 3.63) is 59.2 Å². The van der Waals surface area contributed by atoms with Gasteiger partial charge in [0.1, 0.15) is 0 Å². The van der Waals surface area contributed by atoms with Crippen molar-refractivity contribution in [1.82, 2.24) is 15.5 Å². The highest BCUT2D eigenvalue weighted by Crippen LogP contribution is 2.28. The van der Waals surface area contributed by atoms with Gasteiger partial charge in [0, 0.05) is 19.6 Å². The number of hydrogen-bond donors (Lipinski definition) is 2. The van der Waals surface area contributed by atoms with E-state index in [2.05, 4.69) is 73.0 Å². The molecular formula is C25H38N4O2. The van der Waals surface area contributed by atoms with E-state index in [1.54, 1.807) is 7.11 Å². The lowest BCUT2D eigenvalue weighted by molar-refractivity contribution is 0.310. The minimum absolute atomic E-state index is 0.627. The average Bonchev–Trinajstić information content (AvgIpc) is 2.76. The van der Waals surface area contributed by atoms with E-state index < -0.39 is 0 Å². The predicted octanol–water partition coefficient (Wildman–Crippen LogP) is 3.84. The molecule has 0 heterocycles. The Morgan fingerprint density at radius 1 is 1.00 bits per heavy atom. The average molecular weight is 427 g/mol. The highest BCUT2D eigenvalue weighted by Gasteiger charge is 2.06. The highest BCUT2D eigenvalue weighted by molar-refractivity contribution is 5.79. The van der Waals surface area contributed by atoms with E-state index in [1.807, 2.05) is 13.0 Å². The van der Waals surface area contributed by atoms with Crippen molar-refractivity contribution in [3.8, 4) is 11.5 Å². The Labute approximate surface area is 187 Å². The Kier molecular flexibility index (Phi) is 10.7. The van der Waals surface area contributed by atoms with Gasteiger partial charge in [0.05, 0.1) is 20.3 Å². The van der Waals surface area contributed by atoms with Crippen molar-refractivity contribution >= 4 is 5.96 Å². The first-order valence-electron chi connectivity index (χ1n) is 11.1. The second-order valence-electron chi connectivity index (χ2n) is 7.65. The molecule has 0 saturated heterocycles. The molecule has 2 aromatic rings. The third-order valence-corrected chi connectivity index (χ3v) is 4.82. The fourth-order valence-electron chi connectivity index (χ4n) is 3.36. The Morgan fingerprint density at radius 3 is 2.45 bits per heavy atom. The Balaban J connectivity index is 1.91. The van der Waals surface area contributed by atoms with E-state index in [0.717, 1.165) is 49.9 Å². The summed E-state index contributed by atoms with van der Waals surface area (Å²) in [6, 6.07) is 14.7. The van der Waals surface area contributed by atoms with Gasteiger partial charge in [-0.1, -0.05) is 30.3 Å². The second kappa shape index (κ2) is 13.5. The first-order chi connectivity index (χ1) is 15.1. The third kappa shape index (κ3) is 8.50. The molecule has 170 valence electrons. The van der Waals surface area contributed by atoms with Gasteiger partial charge in [-0.2, -0.15) is 0 Å². The molecule has 0 radical (unpaired) electrons. The molecule has 0 aliphatic heterocycles. The monoisotopic (exact) mass is 426 g/mol. The lowest BCUT2D eigenvalue weighted by atomic mass is 10.1. The molecule has 31 heavy (non-hydrogen) atoms. The minimum atomic E-state index is 0.627. The van der Waals surface area contributed by atoms with Crippen LogP contribution in [0.4, 0.5) is 0 Å². The Bertz CT molecular complexity index is 821. The molecule has 0 fully saturated rings. The van der Waals surface area contributed by atoms with E-state index in [1.165, 1.54) is 16.7 Å². The third-order valence-electron chi connectivity index (χ3n) is 4.82. The number of benzene rings is 2. The maximum Gasteiger partial charge on any atom is 0.191 e. The van der Waals surface area contributed by atoms with E-state index in [4.69, 9.17) is 14.5 Å². The summed E-state index contributed by atoms with van der Waals surface area (Å²) >= 11 is 0. The van der Waals surface area contributed by atoms with Gasteiger partial charge >= 0.3 is 0 Å². The van der Waals surface area contributed by atoms with Crippen LogP contribution in [0, 0.1) is 0 Å². The summed E-state index contributed by atoms with van der Waals surface area (Å²) in [6.07, 6.45) is 1.96. The quantitative estimate of drug-likeness (QED) is 0.307. The topological polar surface area (TPSA) is 58.1 Å². The zero-order valence-electron chi connectivity index (χ0n) is 19.7. The van der Waals surface area contributed by atoms with Crippen molar-refractivity contribution in [3.63, 3.8) is 0 Å². The van der Waals surface area contributed by atoms with Crippen molar-refractivity contribution in [2.24, 2.45) is 4.99 Å². The number of rotatable bonds is 12. The molecule has 2 rings (SSSR count). The summed E-state index contributed by atoms with van der Waals surface area (Å²) in [5.74, 6) is 2.44. The van der Waals surface area contributed by atoms with Crippen LogP contribution in [0.15, 0.2) is 47.5 Å². The Hall–Kier alpha value is -2.73. The maximum atomic E-state index is 5.68. The van der Waals surface area contributed by atoms with Crippen LogP contribution in [-0.2, 0) is 19.5 Å². The second-order valence-corrected chi connectivity index (χ2v) is 7.65. The number of nitrogens with one attached hydrogen (secondary N) is 2. The smallest absolute Gasteiger partial charge is 0.191 e. The highest BCUT2D eigenvalue weighted by atomic mass is 16.5. The molecule has 0 unspecified atom stereocenters. The standard InChI is InChI=1S/C25H38N4O2/c1-6-26-25(28-18-21-12-8-9-13-22(21)19-29(3)4)27-16-10-11-20-14-15-23(30-5)24(17-20)31-7-2/h8-9,12-15,17H,6-7,10-11,16,18-19H2,1-5H3,(H2,26,27,28). The molecule has 2 N–H and O–H groups in total. The number of aryl methyl sites for hydroxylation is 1. The molecule has 0 aliphatic rings. The van der Waals surface area contributed by atoms with E-state index >= 15 is 0 Å². The lowest BCUT2D eigenvalue weighted by Gasteiger charge is -2.15. The number of nitrogens with zero attached hydrogens (tertiary/aromatic N) is 2. The summed E-state index contributed by atoms with van der Waals surface area (Å²) < 4.78 is 11.0. The van der Waals surface area contributed by atoms with E-state index in [-0.39, 0.29) is 0 Å². The zero-order valence-corrected chi connectivity index (χ0v) is 19.7. The Morgan fingerprint density at radius 2 is 1.77 bits per heavy atom. The van der Waals surface area contributed by atoms with Gasteiger partial charge < -0.3 is 25.0 Å². The molecule has 6 heteroatoms. The molecule has 0 saturated carbocycles. The predicted molar refractivity (Wildman–Crippen MR) is 129 cm³/mol. The van der Waals surface area contributed by atoms with Crippen LogP contribution in [0.5, 0.6) is 11.5 Å². The molecule has 0 atom stereocenters.